The van der Waals surface area contributed by atoms with E-state index in [1.165, 1.54) is 5.56 Å². The minimum absolute atomic E-state index is 0.841. The first-order chi connectivity index (χ1) is 7.83. The third-order valence-electron chi connectivity index (χ3n) is 2.42. The molecule has 0 atom stereocenters. The molecule has 2 aromatic rings. The Morgan fingerprint density at radius 3 is 2.81 bits per heavy atom. The summed E-state index contributed by atoms with van der Waals surface area (Å²) in [7, 11) is 0. The molecule has 2 heterocycles. The lowest BCUT2D eigenvalue weighted by Crippen LogP contribution is -1.98. The standard InChI is InChI=1S/C13H15N3/c1-3-5-12-6-7-13(14-8-12)16-10-11(4-2)9-15-16/h4,6-10H,2-3,5H2,1H3. The Morgan fingerprint density at radius 1 is 1.38 bits per heavy atom. The van der Waals surface area contributed by atoms with E-state index < -0.39 is 0 Å². The van der Waals surface area contributed by atoms with Crippen LogP contribution in [0.25, 0.3) is 11.9 Å². The molecule has 0 aliphatic rings. The molecule has 2 rings (SSSR count). The van der Waals surface area contributed by atoms with Crippen molar-refractivity contribution in [3.8, 4) is 5.82 Å². The largest absolute Gasteiger partial charge is 0.237 e. The molecule has 0 amide bonds. The molecule has 0 N–H and O–H groups in total. The average Bonchev–Trinajstić information content (AvgIpc) is 2.79. The molecule has 0 aliphatic carbocycles. The molecule has 0 unspecified atom stereocenters. The fourth-order valence-corrected chi connectivity index (χ4v) is 1.56. The van der Waals surface area contributed by atoms with Gasteiger partial charge in [-0.2, -0.15) is 5.10 Å². The van der Waals surface area contributed by atoms with E-state index in [0.29, 0.717) is 0 Å². The monoisotopic (exact) mass is 213 g/mol. The van der Waals surface area contributed by atoms with Crippen LogP contribution in [0.4, 0.5) is 0 Å². The van der Waals surface area contributed by atoms with E-state index in [1.54, 1.807) is 17.0 Å². The number of hydrogen-bond donors (Lipinski definition) is 0. The van der Waals surface area contributed by atoms with Crippen molar-refractivity contribution in [3.05, 3.63) is 48.4 Å². The SMILES string of the molecule is C=Cc1cnn(-c2ccc(CCC)cn2)c1. The molecule has 0 spiro atoms. The molecule has 0 aliphatic heterocycles. The Bertz CT molecular complexity index is 468. The molecular weight excluding hydrogens is 198 g/mol. The maximum Gasteiger partial charge on any atom is 0.153 e. The van der Waals surface area contributed by atoms with Gasteiger partial charge < -0.3 is 0 Å². The Kier molecular flexibility index (Phi) is 3.15. The van der Waals surface area contributed by atoms with Crippen LogP contribution in [0.2, 0.25) is 0 Å². The lowest BCUT2D eigenvalue weighted by Gasteiger charge is -2.01. The zero-order chi connectivity index (χ0) is 11.4. The second kappa shape index (κ2) is 4.75. The van der Waals surface area contributed by atoms with Gasteiger partial charge in [0.25, 0.3) is 0 Å². The van der Waals surface area contributed by atoms with Crippen molar-refractivity contribution in [2.24, 2.45) is 0 Å². The summed E-state index contributed by atoms with van der Waals surface area (Å²) in [5.41, 5.74) is 2.27. The van der Waals surface area contributed by atoms with Gasteiger partial charge in [-0.25, -0.2) is 9.67 Å². The third kappa shape index (κ3) is 2.19. The molecule has 82 valence electrons. The highest BCUT2D eigenvalue weighted by Crippen LogP contribution is 2.08. The smallest absolute Gasteiger partial charge is 0.153 e. The molecule has 0 aromatic carbocycles. The molecule has 0 saturated heterocycles. The van der Waals surface area contributed by atoms with Crippen molar-refractivity contribution in [3.63, 3.8) is 0 Å². The summed E-state index contributed by atoms with van der Waals surface area (Å²) in [4.78, 5) is 4.38. The average molecular weight is 213 g/mol. The van der Waals surface area contributed by atoms with Crippen molar-refractivity contribution >= 4 is 6.08 Å². The van der Waals surface area contributed by atoms with Crippen molar-refractivity contribution in [1.82, 2.24) is 14.8 Å². The van der Waals surface area contributed by atoms with Crippen LogP contribution in [0.3, 0.4) is 0 Å². The maximum absolute atomic E-state index is 4.38. The summed E-state index contributed by atoms with van der Waals surface area (Å²) >= 11 is 0. The minimum Gasteiger partial charge on any atom is -0.237 e. The van der Waals surface area contributed by atoms with E-state index in [9.17, 15) is 0 Å². The summed E-state index contributed by atoms with van der Waals surface area (Å²) in [6.45, 7) is 5.87. The fraction of sp³-hybridized carbons (Fsp3) is 0.231. The van der Waals surface area contributed by atoms with Gasteiger partial charge in [-0.15, -0.1) is 0 Å². The lowest BCUT2D eigenvalue weighted by atomic mass is 10.2. The van der Waals surface area contributed by atoms with Crippen LogP contribution in [0.5, 0.6) is 0 Å². The Balaban J connectivity index is 2.23. The Hall–Kier alpha value is -1.90. The van der Waals surface area contributed by atoms with Crippen LogP contribution in [0.1, 0.15) is 24.5 Å². The van der Waals surface area contributed by atoms with Gasteiger partial charge in [0.15, 0.2) is 5.82 Å². The van der Waals surface area contributed by atoms with Crippen LogP contribution >= 0.6 is 0 Å². The van der Waals surface area contributed by atoms with Crippen LogP contribution in [0, 0.1) is 0 Å². The molecule has 2 aromatic heterocycles. The summed E-state index contributed by atoms with van der Waals surface area (Å²) < 4.78 is 1.76. The number of hydrogen-bond acceptors (Lipinski definition) is 2. The normalized spacial score (nSPS) is 10.3. The van der Waals surface area contributed by atoms with Gasteiger partial charge in [0.2, 0.25) is 0 Å². The summed E-state index contributed by atoms with van der Waals surface area (Å²) in [6.07, 6.45) is 9.58. The lowest BCUT2D eigenvalue weighted by molar-refractivity contribution is 0.837. The molecule has 3 heteroatoms. The molecule has 0 radical (unpaired) electrons. The van der Waals surface area contributed by atoms with E-state index >= 15 is 0 Å². The van der Waals surface area contributed by atoms with E-state index in [0.717, 1.165) is 24.2 Å². The van der Waals surface area contributed by atoms with Crippen molar-refractivity contribution < 1.29 is 0 Å². The topological polar surface area (TPSA) is 30.7 Å². The number of aryl methyl sites for hydroxylation is 1. The van der Waals surface area contributed by atoms with Gasteiger partial charge >= 0.3 is 0 Å². The van der Waals surface area contributed by atoms with Gasteiger partial charge in [0.1, 0.15) is 0 Å². The quantitative estimate of drug-likeness (QED) is 0.781. The first kappa shape index (κ1) is 10.6. The Morgan fingerprint density at radius 2 is 2.25 bits per heavy atom. The number of rotatable bonds is 4. The predicted octanol–water partition coefficient (Wildman–Crippen LogP) is 2.86. The molecule has 0 saturated carbocycles. The second-order valence-corrected chi connectivity index (χ2v) is 3.70. The highest BCUT2D eigenvalue weighted by atomic mass is 15.3. The molecule has 0 bridgehead atoms. The summed E-state index contributed by atoms with van der Waals surface area (Å²) in [5.74, 6) is 0.841. The highest BCUT2D eigenvalue weighted by molar-refractivity contribution is 5.44. The highest BCUT2D eigenvalue weighted by Gasteiger charge is 2.00. The van der Waals surface area contributed by atoms with E-state index in [1.807, 2.05) is 18.5 Å². The number of nitrogens with zero attached hydrogens (tertiary/aromatic N) is 3. The van der Waals surface area contributed by atoms with E-state index in [2.05, 4.69) is 29.7 Å². The van der Waals surface area contributed by atoms with E-state index in [-0.39, 0.29) is 0 Å². The van der Waals surface area contributed by atoms with Gasteiger partial charge in [0, 0.05) is 18.0 Å². The van der Waals surface area contributed by atoms with Crippen LogP contribution in [-0.2, 0) is 6.42 Å². The van der Waals surface area contributed by atoms with Crippen LogP contribution in [0.15, 0.2) is 37.3 Å². The Labute approximate surface area is 95.5 Å². The summed E-state index contributed by atoms with van der Waals surface area (Å²) in [5, 5.41) is 4.22. The van der Waals surface area contributed by atoms with Crippen molar-refractivity contribution in [2.75, 3.05) is 0 Å². The van der Waals surface area contributed by atoms with Crippen LogP contribution < -0.4 is 0 Å². The van der Waals surface area contributed by atoms with Gasteiger partial charge in [-0.1, -0.05) is 32.1 Å². The number of aromatic nitrogens is 3. The third-order valence-corrected chi connectivity index (χ3v) is 2.42. The number of pyridine rings is 1. The minimum atomic E-state index is 0.841. The zero-order valence-electron chi connectivity index (χ0n) is 9.43. The molecule has 3 nitrogen and oxygen atoms in total. The van der Waals surface area contributed by atoms with Gasteiger partial charge in [0.05, 0.1) is 6.20 Å². The zero-order valence-corrected chi connectivity index (χ0v) is 9.43. The first-order valence-electron chi connectivity index (χ1n) is 5.46. The first-order valence-corrected chi connectivity index (χ1v) is 5.46. The van der Waals surface area contributed by atoms with Crippen LogP contribution in [-0.4, -0.2) is 14.8 Å². The van der Waals surface area contributed by atoms with Crippen molar-refractivity contribution in [1.29, 1.82) is 0 Å². The molecular formula is C13H15N3. The molecule has 0 fully saturated rings. The fourth-order valence-electron chi connectivity index (χ4n) is 1.56. The predicted molar refractivity (Wildman–Crippen MR) is 65.4 cm³/mol. The van der Waals surface area contributed by atoms with Gasteiger partial charge in [-0.3, -0.25) is 0 Å². The second-order valence-electron chi connectivity index (χ2n) is 3.70. The summed E-state index contributed by atoms with van der Waals surface area (Å²) in [6, 6.07) is 4.09. The van der Waals surface area contributed by atoms with Crippen molar-refractivity contribution in [2.45, 2.75) is 19.8 Å². The maximum atomic E-state index is 4.38. The van der Waals surface area contributed by atoms with E-state index in [4.69, 9.17) is 0 Å². The molecule has 16 heavy (non-hydrogen) atoms. The van der Waals surface area contributed by atoms with Gasteiger partial charge in [-0.05, 0) is 18.1 Å².